The predicted molar refractivity (Wildman–Crippen MR) is 144 cm³/mol. The summed E-state index contributed by atoms with van der Waals surface area (Å²) in [5.74, 6) is -0.656. The average molecular weight is 519 g/mol. The van der Waals surface area contributed by atoms with Crippen LogP contribution in [0.2, 0.25) is 5.02 Å². The van der Waals surface area contributed by atoms with Crippen molar-refractivity contribution >= 4 is 41.7 Å². The molecule has 2 unspecified atom stereocenters. The van der Waals surface area contributed by atoms with Crippen molar-refractivity contribution in [3.63, 3.8) is 0 Å². The molecule has 1 saturated carbocycles. The quantitative estimate of drug-likeness (QED) is 0.275. The van der Waals surface area contributed by atoms with Crippen LogP contribution in [0.15, 0.2) is 36.7 Å². The molecule has 4 N–H and O–H groups in total. The van der Waals surface area contributed by atoms with Gasteiger partial charge in [0.1, 0.15) is 13.9 Å². The molecule has 3 aromatic rings. The SMILES string of the molecule is [B]C(Nc1cc(Cl)c2ncc(C#N)c(NCC(C)(C)C)c2c1)(c1cccnc1F)C1CN(C2CC2)NN1. The number of halogens is 2. The fourth-order valence-electron chi connectivity index (χ4n) is 4.57. The highest BCUT2D eigenvalue weighted by Crippen LogP contribution is 2.38. The Bertz CT molecular complexity index is 1370. The molecule has 1 aromatic carbocycles. The Balaban J connectivity index is 1.58. The number of hydrogen-bond donors (Lipinski definition) is 4. The van der Waals surface area contributed by atoms with Crippen molar-refractivity contribution < 1.29 is 4.39 Å². The Morgan fingerprint density at radius 2 is 2.08 bits per heavy atom. The zero-order valence-corrected chi connectivity index (χ0v) is 21.8. The lowest BCUT2D eigenvalue weighted by Crippen LogP contribution is -2.54. The number of aromatic nitrogens is 2. The number of nitrogens with zero attached hydrogens (tertiary/aromatic N) is 4. The van der Waals surface area contributed by atoms with Crippen molar-refractivity contribution in [1.29, 1.82) is 5.26 Å². The van der Waals surface area contributed by atoms with Crippen molar-refractivity contribution in [3.05, 3.63) is 58.8 Å². The van der Waals surface area contributed by atoms with E-state index in [4.69, 9.17) is 19.4 Å². The van der Waals surface area contributed by atoms with Gasteiger partial charge in [-0.3, -0.25) is 4.98 Å². The maximum atomic E-state index is 15.0. The lowest BCUT2D eigenvalue weighted by molar-refractivity contribution is 0.222. The van der Waals surface area contributed by atoms with Crippen LogP contribution in [-0.4, -0.2) is 48.0 Å². The second-order valence-corrected chi connectivity index (χ2v) is 11.4. The molecule has 11 heteroatoms. The molecule has 2 aliphatic rings. The molecular formula is C26H29BClFN8. The van der Waals surface area contributed by atoms with E-state index < -0.39 is 17.4 Å². The zero-order chi connectivity index (χ0) is 26.4. The van der Waals surface area contributed by atoms with Gasteiger partial charge in [-0.2, -0.15) is 15.2 Å². The number of hydrogen-bond acceptors (Lipinski definition) is 8. The van der Waals surface area contributed by atoms with Gasteiger partial charge in [0, 0.05) is 53.6 Å². The second-order valence-electron chi connectivity index (χ2n) is 11.0. The van der Waals surface area contributed by atoms with Gasteiger partial charge in [0.2, 0.25) is 5.95 Å². The van der Waals surface area contributed by atoms with Gasteiger partial charge < -0.3 is 10.6 Å². The van der Waals surface area contributed by atoms with E-state index in [0.717, 1.165) is 12.8 Å². The largest absolute Gasteiger partial charge is 0.383 e. The normalized spacial score (nSPS) is 19.9. The van der Waals surface area contributed by atoms with Crippen molar-refractivity contribution in [2.45, 2.75) is 51.1 Å². The van der Waals surface area contributed by atoms with Crippen molar-refractivity contribution in [2.24, 2.45) is 5.41 Å². The Hall–Kier alpha value is -2.97. The summed E-state index contributed by atoms with van der Waals surface area (Å²) in [4.78, 5) is 8.27. The average Bonchev–Trinajstić information content (AvgIpc) is 3.57. The molecule has 2 atom stereocenters. The van der Waals surface area contributed by atoms with E-state index in [2.05, 4.69) is 63.4 Å². The maximum Gasteiger partial charge on any atom is 0.217 e. The van der Waals surface area contributed by atoms with Crippen molar-refractivity contribution in [1.82, 2.24) is 25.9 Å². The number of hydrazine groups is 2. The number of pyridine rings is 2. The van der Waals surface area contributed by atoms with E-state index in [1.807, 2.05) is 6.07 Å². The molecule has 1 saturated heterocycles. The summed E-state index contributed by atoms with van der Waals surface area (Å²) in [6, 6.07) is 9.10. The summed E-state index contributed by atoms with van der Waals surface area (Å²) >= 11 is 6.68. The number of fused-ring (bicyclic) bond motifs is 1. The fourth-order valence-corrected chi connectivity index (χ4v) is 4.84. The molecule has 0 spiro atoms. The van der Waals surface area contributed by atoms with E-state index in [1.165, 1.54) is 12.4 Å². The number of rotatable bonds is 7. The first-order chi connectivity index (χ1) is 17.6. The Morgan fingerprint density at radius 3 is 2.76 bits per heavy atom. The van der Waals surface area contributed by atoms with E-state index >= 15 is 4.39 Å². The highest BCUT2D eigenvalue weighted by Gasteiger charge is 2.44. The summed E-state index contributed by atoms with van der Waals surface area (Å²) < 4.78 is 15.0. The van der Waals surface area contributed by atoms with Crippen LogP contribution in [0.5, 0.6) is 0 Å². The summed E-state index contributed by atoms with van der Waals surface area (Å²) in [6.07, 6.45) is 5.12. The molecule has 3 heterocycles. The van der Waals surface area contributed by atoms with Crippen LogP contribution in [0.4, 0.5) is 15.8 Å². The van der Waals surface area contributed by atoms with Crippen LogP contribution in [0.25, 0.3) is 10.9 Å². The van der Waals surface area contributed by atoms with E-state index in [-0.39, 0.29) is 11.0 Å². The van der Waals surface area contributed by atoms with Gasteiger partial charge in [-0.05, 0) is 36.5 Å². The van der Waals surface area contributed by atoms with Gasteiger partial charge in [0.15, 0.2) is 0 Å². The molecule has 2 aromatic heterocycles. The van der Waals surface area contributed by atoms with E-state index in [9.17, 15) is 5.26 Å². The second kappa shape index (κ2) is 9.73. The Kier molecular flexibility index (Phi) is 6.75. The van der Waals surface area contributed by atoms with Crippen LogP contribution < -0.4 is 21.6 Å². The number of nitrogens with one attached hydrogen (secondary N) is 4. The monoisotopic (exact) mass is 518 g/mol. The molecule has 1 aliphatic carbocycles. The molecule has 0 amide bonds. The third-order valence-electron chi connectivity index (χ3n) is 6.70. The number of benzene rings is 1. The first kappa shape index (κ1) is 25.7. The summed E-state index contributed by atoms with van der Waals surface area (Å²) in [7, 11) is 7.00. The molecule has 1 aliphatic heterocycles. The highest BCUT2D eigenvalue weighted by molar-refractivity contribution is 6.36. The van der Waals surface area contributed by atoms with Gasteiger partial charge in [-0.25, -0.2) is 15.4 Å². The Labute approximate surface area is 222 Å². The first-order valence-corrected chi connectivity index (χ1v) is 12.7. The minimum atomic E-state index is -1.38. The van der Waals surface area contributed by atoms with E-state index in [0.29, 0.717) is 52.0 Å². The van der Waals surface area contributed by atoms with Crippen LogP contribution in [0.3, 0.4) is 0 Å². The predicted octanol–water partition coefficient (Wildman–Crippen LogP) is 4.04. The smallest absolute Gasteiger partial charge is 0.217 e. The van der Waals surface area contributed by atoms with Gasteiger partial charge >= 0.3 is 0 Å². The molecule has 2 fully saturated rings. The van der Waals surface area contributed by atoms with Gasteiger partial charge in [-0.15, -0.1) is 0 Å². The lowest BCUT2D eigenvalue weighted by Gasteiger charge is -2.38. The molecule has 0 bridgehead atoms. The zero-order valence-electron chi connectivity index (χ0n) is 21.1. The summed E-state index contributed by atoms with van der Waals surface area (Å²) in [6.45, 7) is 7.51. The topological polar surface area (TPSA) is 101 Å². The van der Waals surface area contributed by atoms with E-state index in [1.54, 1.807) is 18.2 Å². The first-order valence-electron chi connectivity index (χ1n) is 12.3. The number of anilines is 2. The van der Waals surface area contributed by atoms with Crippen molar-refractivity contribution in [2.75, 3.05) is 23.7 Å². The summed E-state index contributed by atoms with van der Waals surface area (Å²) in [5, 5.41) is 19.7. The lowest BCUT2D eigenvalue weighted by atomic mass is 9.67. The third-order valence-corrected chi connectivity index (χ3v) is 6.98. The number of nitriles is 1. The molecule has 8 nitrogen and oxygen atoms in total. The molecule has 37 heavy (non-hydrogen) atoms. The van der Waals surface area contributed by atoms with Crippen LogP contribution in [0.1, 0.15) is 44.7 Å². The standard InChI is InChI=1S/C26H29BClFN8/c1-25(2,3)14-33-22-15(11-30)12-32-23-18(22)9-16(10-20(23)28)34-26(27,19-5-4-8-31-24(19)29)21-13-37(36-35-21)17-6-7-17/h4-5,8-10,12,17,21,34-36H,6-7,13-14H2,1-3H3,(H,32,33). The Morgan fingerprint density at radius 1 is 1.30 bits per heavy atom. The molecule has 2 radical (unpaired) electrons. The molecule has 190 valence electrons. The van der Waals surface area contributed by atoms with Gasteiger partial charge in [0.25, 0.3) is 0 Å². The van der Waals surface area contributed by atoms with Gasteiger partial charge in [0.05, 0.1) is 27.8 Å². The van der Waals surface area contributed by atoms with Crippen LogP contribution >= 0.6 is 11.6 Å². The van der Waals surface area contributed by atoms with Crippen LogP contribution in [0, 0.1) is 22.7 Å². The maximum absolute atomic E-state index is 15.0. The van der Waals surface area contributed by atoms with Crippen molar-refractivity contribution in [3.8, 4) is 6.07 Å². The fraction of sp³-hybridized carbons (Fsp3) is 0.423. The molecule has 5 rings (SSSR count). The highest BCUT2D eigenvalue weighted by atomic mass is 35.5. The van der Waals surface area contributed by atoms with Gasteiger partial charge in [-0.1, -0.05) is 38.4 Å². The minimum absolute atomic E-state index is 0.0270. The minimum Gasteiger partial charge on any atom is -0.383 e. The van der Waals surface area contributed by atoms with Crippen LogP contribution in [-0.2, 0) is 5.44 Å². The summed E-state index contributed by atoms with van der Waals surface area (Å²) in [5.41, 5.74) is 7.38. The molecular weight excluding hydrogens is 490 g/mol. The third kappa shape index (κ3) is 5.23.